The average Bonchev–Trinajstić information content (AvgIpc) is 3.12. The van der Waals surface area contributed by atoms with E-state index in [0.717, 1.165) is 11.1 Å². The molecule has 4 atom stereocenters. The van der Waals surface area contributed by atoms with Crippen molar-refractivity contribution >= 4 is 24.4 Å². The van der Waals surface area contributed by atoms with Crippen LogP contribution in [0.15, 0.2) is 91.0 Å². The van der Waals surface area contributed by atoms with Crippen LogP contribution in [0.25, 0.3) is 0 Å². The van der Waals surface area contributed by atoms with Crippen LogP contribution in [0, 0.1) is 0 Å². The van der Waals surface area contributed by atoms with E-state index in [-0.39, 0.29) is 22.0 Å². The molecule has 5 heteroatoms. The van der Waals surface area contributed by atoms with E-state index in [0.29, 0.717) is 26.4 Å². The number of hydrogen-bond donors (Lipinski definition) is 1. The van der Waals surface area contributed by atoms with Gasteiger partial charge < -0.3 is 14.2 Å². The summed E-state index contributed by atoms with van der Waals surface area (Å²) in [6, 6.07) is 30.7. The third-order valence-electron chi connectivity index (χ3n) is 5.25. The molecule has 1 aliphatic rings. The van der Waals surface area contributed by atoms with Gasteiger partial charge in [0.1, 0.15) is 12.2 Å². The zero-order valence-corrected chi connectivity index (χ0v) is 19.1. The first-order valence-corrected chi connectivity index (χ1v) is 12.0. The second kappa shape index (κ2) is 11.7. The van der Waals surface area contributed by atoms with Gasteiger partial charge in [-0.3, -0.25) is 0 Å². The molecule has 3 aromatic rings. The molecule has 0 N–H and O–H groups in total. The number of benzene rings is 3. The summed E-state index contributed by atoms with van der Waals surface area (Å²) in [5.41, 5.74) is 3.48. The Balaban J connectivity index is 1.39. The molecule has 162 valence electrons. The fraction of sp³-hybridized carbons (Fsp3) is 0.308. The van der Waals surface area contributed by atoms with Crippen molar-refractivity contribution in [2.75, 3.05) is 6.61 Å². The Kier molecular flexibility index (Phi) is 8.50. The summed E-state index contributed by atoms with van der Waals surface area (Å²) in [7, 11) is 0. The van der Waals surface area contributed by atoms with Crippen molar-refractivity contribution in [3.05, 3.63) is 108 Å². The van der Waals surface area contributed by atoms with Crippen LogP contribution in [-0.4, -0.2) is 28.6 Å². The minimum absolute atomic E-state index is 0.0369. The van der Waals surface area contributed by atoms with Crippen molar-refractivity contribution < 1.29 is 14.2 Å². The van der Waals surface area contributed by atoms with Crippen LogP contribution in [-0.2, 0) is 34.0 Å². The van der Waals surface area contributed by atoms with E-state index in [1.807, 2.05) is 54.6 Å². The highest BCUT2D eigenvalue weighted by Gasteiger charge is 2.44. The normalized spacial score (nSPS) is 23.1. The van der Waals surface area contributed by atoms with Gasteiger partial charge in [-0.05, 0) is 16.7 Å². The maximum Gasteiger partial charge on any atom is 0.106 e. The first-order chi connectivity index (χ1) is 15.3. The Morgan fingerprint density at radius 1 is 0.613 bits per heavy atom. The van der Waals surface area contributed by atoms with E-state index in [9.17, 15) is 0 Å². The van der Waals surface area contributed by atoms with Gasteiger partial charge in [-0.2, -0.15) is 12.6 Å². The number of rotatable bonds is 10. The molecular weight excluding hydrogens is 424 g/mol. The van der Waals surface area contributed by atoms with Crippen LogP contribution in [0.1, 0.15) is 16.7 Å². The van der Waals surface area contributed by atoms with Gasteiger partial charge in [0, 0.05) is 0 Å². The highest BCUT2D eigenvalue weighted by molar-refractivity contribution is 8.11. The predicted molar refractivity (Wildman–Crippen MR) is 130 cm³/mol. The summed E-state index contributed by atoms with van der Waals surface area (Å²) in [6.07, 6.45) is -0.199. The molecule has 1 saturated heterocycles. The van der Waals surface area contributed by atoms with Crippen LogP contribution in [0.3, 0.4) is 0 Å². The Morgan fingerprint density at radius 2 is 1.06 bits per heavy atom. The minimum Gasteiger partial charge on any atom is -0.376 e. The SMILES string of the molecule is SC1S[C@@H](COCc2ccccc2)[C@@H](OCc2ccccc2)[C@@H]1OCc1ccccc1. The van der Waals surface area contributed by atoms with Crippen molar-refractivity contribution in [1.82, 2.24) is 0 Å². The average molecular weight is 453 g/mol. The molecule has 4 rings (SSSR count). The highest BCUT2D eigenvalue weighted by Crippen LogP contribution is 2.41. The largest absolute Gasteiger partial charge is 0.376 e. The molecular formula is C26H28O3S2. The van der Waals surface area contributed by atoms with Crippen LogP contribution >= 0.6 is 24.4 Å². The lowest BCUT2D eigenvalue weighted by molar-refractivity contribution is -0.0792. The van der Waals surface area contributed by atoms with Crippen molar-refractivity contribution in [1.29, 1.82) is 0 Å². The Labute approximate surface area is 194 Å². The van der Waals surface area contributed by atoms with E-state index in [2.05, 4.69) is 36.4 Å². The van der Waals surface area contributed by atoms with Gasteiger partial charge in [0.05, 0.1) is 36.3 Å². The Hall–Kier alpha value is -1.76. The molecule has 1 aliphatic heterocycles. The first kappa shape index (κ1) is 22.4. The highest BCUT2D eigenvalue weighted by atomic mass is 32.2. The van der Waals surface area contributed by atoms with Crippen molar-refractivity contribution in [2.45, 2.75) is 41.9 Å². The molecule has 0 aromatic heterocycles. The molecule has 31 heavy (non-hydrogen) atoms. The maximum absolute atomic E-state index is 6.40. The van der Waals surface area contributed by atoms with E-state index < -0.39 is 0 Å². The predicted octanol–water partition coefficient (Wildman–Crippen LogP) is 5.75. The van der Waals surface area contributed by atoms with Crippen molar-refractivity contribution in [3.63, 3.8) is 0 Å². The van der Waals surface area contributed by atoms with Gasteiger partial charge in [0.2, 0.25) is 0 Å². The molecule has 0 aliphatic carbocycles. The number of thioether (sulfide) groups is 1. The molecule has 1 heterocycles. The molecule has 0 saturated carbocycles. The third kappa shape index (κ3) is 6.61. The van der Waals surface area contributed by atoms with Gasteiger partial charge in [0.15, 0.2) is 0 Å². The van der Waals surface area contributed by atoms with Crippen LogP contribution in [0.2, 0.25) is 0 Å². The van der Waals surface area contributed by atoms with Gasteiger partial charge in [-0.25, -0.2) is 0 Å². The van der Waals surface area contributed by atoms with Gasteiger partial charge in [-0.1, -0.05) is 91.0 Å². The van der Waals surface area contributed by atoms with Crippen LogP contribution < -0.4 is 0 Å². The second-order valence-electron chi connectivity index (χ2n) is 7.59. The minimum atomic E-state index is -0.109. The number of hydrogen-bond acceptors (Lipinski definition) is 5. The molecule has 0 amide bonds. The van der Waals surface area contributed by atoms with E-state index in [4.69, 9.17) is 26.8 Å². The number of ether oxygens (including phenoxy) is 3. The van der Waals surface area contributed by atoms with E-state index >= 15 is 0 Å². The Morgan fingerprint density at radius 3 is 1.58 bits per heavy atom. The van der Waals surface area contributed by atoms with Crippen LogP contribution in [0.5, 0.6) is 0 Å². The van der Waals surface area contributed by atoms with Gasteiger partial charge >= 0.3 is 0 Å². The smallest absolute Gasteiger partial charge is 0.106 e. The zero-order valence-electron chi connectivity index (χ0n) is 17.4. The topological polar surface area (TPSA) is 27.7 Å². The maximum atomic E-state index is 6.40. The first-order valence-electron chi connectivity index (χ1n) is 10.6. The summed E-state index contributed by atoms with van der Waals surface area (Å²) in [5, 5.41) is 0.163. The molecule has 3 nitrogen and oxygen atoms in total. The van der Waals surface area contributed by atoms with Gasteiger partial charge in [0.25, 0.3) is 0 Å². The number of thiol groups is 1. The molecule has 1 unspecified atom stereocenters. The monoisotopic (exact) mass is 452 g/mol. The van der Waals surface area contributed by atoms with E-state index in [1.54, 1.807) is 11.8 Å². The molecule has 0 radical (unpaired) electrons. The summed E-state index contributed by atoms with van der Waals surface area (Å²) in [5.74, 6) is 0. The fourth-order valence-electron chi connectivity index (χ4n) is 3.62. The fourth-order valence-corrected chi connectivity index (χ4v) is 5.66. The lowest BCUT2D eigenvalue weighted by atomic mass is 10.1. The third-order valence-corrected chi connectivity index (χ3v) is 7.21. The standard InChI is InChI=1S/C26H28O3S2/c30-26-25(29-18-22-14-8-3-9-15-22)24(28-17-21-12-6-2-7-13-21)23(31-26)19-27-16-20-10-4-1-5-11-20/h1-15,23-26,30H,16-19H2/t23-,24+,25-,26?/m0/s1. The summed E-state index contributed by atoms with van der Waals surface area (Å²) in [6.45, 7) is 2.29. The second-order valence-corrected chi connectivity index (χ2v) is 9.88. The zero-order chi connectivity index (χ0) is 21.3. The van der Waals surface area contributed by atoms with E-state index in [1.165, 1.54) is 5.56 Å². The molecule has 0 spiro atoms. The molecule has 1 fully saturated rings. The summed E-state index contributed by atoms with van der Waals surface area (Å²) in [4.78, 5) is 0. The molecule has 0 bridgehead atoms. The van der Waals surface area contributed by atoms with Gasteiger partial charge in [-0.15, -0.1) is 11.8 Å². The lowest BCUT2D eigenvalue weighted by Crippen LogP contribution is -2.38. The summed E-state index contributed by atoms with van der Waals surface area (Å²) < 4.78 is 18.8. The summed E-state index contributed by atoms with van der Waals surface area (Å²) >= 11 is 6.60. The quantitative estimate of drug-likeness (QED) is 0.397. The Bertz CT molecular complexity index is 892. The van der Waals surface area contributed by atoms with Crippen LogP contribution in [0.4, 0.5) is 0 Å². The van der Waals surface area contributed by atoms with Crippen molar-refractivity contribution in [3.8, 4) is 0 Å². The lowest BCUT2D eigenvalue weighted by Gasteiger charge is -2.25. The molecule has 3 aromatic carbocycles. The van der Waals surface area contributed by atoms with Crippen molar-refractivity contribution in [2.24, 2.45) is 0 Å².